The summed E-state index contributed by atoms with van der Waals surface area (Å²) in [4.78, 5) is 2.28. The van der Waals surface area contributed by atoms with Gasteiger partial charge in [-0.3, -0.25) is 0 Å². The minimum Gasteiger partial charge on any atom is -0.398 e. The third kappa shape index (κ3) is 2.23. The van der Waals surface area contributed by atoms with E-state index in [1.54, 1.807) is 6.07 Å². The van der Waals surface area contributed by atoms with E-state index in [1.807, 2.05) is 12.1 Å². The van der Waals surface area contributed by atoms with E-state index in [0.717, 1.165) is 44.5 Å². The number of fused-ring (bicyclic) bond motifs is 1. The van der Waals surface area contributed by atoms with E-state index in [-0.39, 0.29) is 0 Å². The Hall–Kier alpha value is -1.73. The van der Waals surface area contributed by atoms with Gasteiger partial charge in [0.05, 0.1) is 11.2 Å². The van der Waals surface area contributed by atoms with Gasteiger partial charge in [-0.05, 0) is 37.5 Å². The molecule has 3 rings (SSSR count). The Morgan fingerprint density at radius 1 is 1.35 bits per heavy atom. The van der Waals surface area contributed by atoms with Crippen LogP contribution in [0, 0.1) is 17.2 Å². The number of nitrogens with two attached hydrogens (primary N) is 1. The predicted molar refractivity (Wildman–Crippen MR) is 79.3 cm³/mol. The van der Waals surface area contributed by atoms with E-state index in [4.69, 9.17) is 11.0 Å². The summed E-state index contributed by atoms with van der Waals surface area (Å²) >= 11 is 0. The van der Waals surface area contributed by atoms with Gasteiger partial charge in [-0.1, -0.05) is 12.8 Å². The van der Waals surface area contributed by atoms with E-state index in [9.17, 15) is 5.11 Å². The predicted octanol–water partition coefficient (Wildman–Crippen LogP) is 2.27. The quantitative estimate of drug-likeness (QED) is 0.768. The molecule has 4 nitrogen and oxygen atoms in total. The Labute approximate surface area is 119 Å². The van der Waals surface area contributed by atoms with Crippen molar-refractivity contribution in [3.63, 3.8) is 0 Å². The molecule has 2 fully saturated rings. The summed E-state index contributed by atoms with van der Waals surface area (Å²) in [5.74, 6) is 0.355. The summed E-state index contributed by atoms with van der Waals surface area (Å²) in [6, 6.07) is 7.78. The molecule has 3 N–H and O–H groups in total. The van der Waals surface area contributed by atoms with Crippen molar-refractivity contribution in [1.29, 1.82) is 5.26 Å². The van der Waals surface area contributed by atoms with Gasteiger partial charge in [-0.2, -0.15) is 5.26 Å². The minimum atomic E-state index is -0.458. The van der Waals surface area contributed by atoms with Crippen LogP contribution in [0.1, 0.15) is 37.7 Å². The molecule has 0 spiro atoms. The van der Waals surface area contributed by atoms with Crippen LogP contribution in [0.15, 0.2) is 18.2 Å². The molecule has 0 bridgehead atoms. The van der Waals surface area contributed by atoms with E-state index in [0.29, 0.717) is 17.2 Å². The number of rotatable bonds is 1. The molecule has 0 amide bonds. The molecule has 1 aliphatic heterocycles. The van der Waals surface area contributed by atoms with Crippen molar-refractivity contribution < 1.29 is 5.11 Å². The van der Waals surface area contributed by atoms with Gasteiger partial charge >= 0.3 is 0 Å². The molecule has 2 atom stereocenters. The molecule has 1 aliphatic carbocycles. The summed E-state index contributed by atoms with van der Waals surface area (Å²) in [5.41, 5.74) is 7.43. The highest BCUT2D eigenvalue weighted by Gasteiger charge is 2.42. The van der Waals surface area contributed by atoms with E-state index >= 15 is 0 Å². The van der Waals surface area contributed by atoms with Crippen LogP contribution in [-0.2, 0) is 0 Å². The fraction of sp³-hybridized carbons (Fsp3) is 0.562. The second-order valence-electron chi connectivity index (χ2n) is 6.13. The summed E-state index contributed by atoms with van der Waals surface area (Å²) in [5, 5.41) is 19.8. The number of nitrogen functional groups attached to an aromatic ring is 1. The maximum Gasteiger partial charge on any atom is 0.101 e. The molecule has 1 aromatic rings. The first-order valence-corrected chi connectivity index (χ1v) is 7.39. The summed E-state index contributed by atoms with van der Waals surface area (Å²) in [6.45, 7) is 1.73. The minimum absolute atomic E-state index is 0.355. The van der Waals surface area contributed by atoms with Crippen LogP contribution in [0.2, 0.25) is 0 Å². The van der Waals surface area contributed by atoms with E-state index in [1.165, 1.54) is 6.42 Å². The van der Waals surface area contributed by atoms with Crippen LogP contribution >= 0.6 is 0 Å². The zero-order chi connectivity index (χ0) is 14.2. The normalized spacial score (nSPS) is 29.6. The zero-order valence-electron chi connectivity index (χ0n) is 11.7. The van der Waals surface area contributed by atoms with Crippen LogP contribution in [-0.4, -0.2) is 23.8 Å². The van der Waals surface area contributed by atoms with Crippen molar-refractivity contribution in [3.8, 4) is 6.07 Å². The lowest BCUT2D eigenvalue weighted by atomic mass is 9.71. The Bertz CT molecular complexity index is 551. The van der Waals surface area contributed by atoms with Gasteiger partial charge in [-0.25, -0.2) is 0 Å². The molecule has 1 saturated carbocycles. The summed E-state index contributed by atoms with van der Waals surface area (Å²) < 4.78 is 0. The van der Waals surface area contributed by atoms with Crippen LogP contribution < -0.4 is 10.6 Å². The molecule has 1 aromatic carbocycles. The first-order chi connectivity index (χ1) is 9.62. The number of anilines is 2. The average molecular weight is 271 g/mol. The number of benzene rings is 1. The van der Waals surface area contributed by atoms with Gasteiger partial charge in [-0.15, -0.1) is 0 Å². The topological polar surface area (TPSA) is 73.3 Å². The number of aliphatic hydroxyl groups is 1. The van der Waals surface area contributed by atoms with Crippen molar-refractivity contribution in [1.82, 2.24) is 0 Å². The average Bonchev–Trinajstić information content (AvgIpc) is 2.47. The van der Waals surface area contributed by atoms with Crippen LogP contribution in [0.5, 0.6) is 0 Å². The molecule has 20 heavy (non-hydrogen) atoms. The van der Waals surface area contributed by atoms with Gasteiger partial charge in [0.25, 0.3) is 0 Å². The second-order valence-corrected chi connectivity index (χ2v) is 6.13. The highest BCUT2D eigenvalue weighted by molar-refractivity contribution is 5.63. The fourth-order valence-corrected chi connectivity index (χ4v) is 3.64. The van der Waals surface area contributed by atoms with Crippen molar-refractivity contribution in [2.24, 2.45) is 5.92 Å². The monoisotopic (exact) mass is 271 g/mol. The number of piperidine rings is 1. The van der Waals surface area contributed by atoms with Gasteiger partial charge in [0.1, 0.15) is 6.07 Å². The van der Waals surface area contributed by atoms with Gasteiger partial charge < -0.3 is 15.7 Å². The Kier molecular flexibility index (Phi) is 3.31. The lowest BCUT2D eigenvalue weighted by molar-refractivity contribution is -0.0612. The number of hydrogen-bond donors (Lipinski definition) is 2. The second kappa shape index (κ2) is 4.99. The standard InChI is InChI=1S/C16H21N3O/c17-10-12-9-14(4-5-15(12)18)19-8-7-16(20)6-2-1-3-13(16)11-19/h4-5,9,13,20H,1-3,6-8,11,18H2. The maximum absolute atomic E-state index is 10.7. The highest BCUT2D eigenvalue weighted by Crippen LogP contribution is 2.41. The van der Waals surface area contributed by atoms with Crippen molar-refractivity contribution >= 4 is 11.4 Å². The fourth-order valence-electron chi connectivity index (χ4n) is 3.64. The molecule has 2 aliphatic rings. The highest BCUT2D eigenvalue weighted by atomic mass is 16.3. The molecule has 4 heteroatoms. The number of nitriles is 1. The number of nitrogens with zero attached hydrogens (tertiary/aromatic N) is 2. The van der Waals surface area contributed by atoms with Gasteiger partial charge in [0, 0.05) is 30.4 Å². The van der Waals surface area contributed by atoms with Crippen LogP contribution in [0.4, 0.5) is 11.4 Å². The van der Waals surface area contributed by atoms with E-state index < -0.39 is 5.60 Å². The lowest BCUT2D eigenvalue weighted by Gasteiger charge is -2.48. The third-order valence-corrected chi connectivity index (χ3v) is 4.95. The molecule has 1 saturated heterocycles. The largest absolute Gasteiger partial charge is 0.398 e. The maximum atomic E-state index is 10.7. The first-order valence-electron chi connectivity index (χ1n) is 7.39. The zero-order valence-corrected chi connectivity index (χ0v) is 11.7. The van der Waals surface area contributed by atoms with Crippen LogP contribution in [0.3, 0.4) is 0 Å². The Morgan fingerprint density at radius 2 is 2.20 bits per heavy atom. The molecule has 106 valence electrons. The molecule has 0 aromatic heterocycles. The molecular formula is C16H21N3O. The van der Waals surface area contributed by atoms with Crippen LogP contribution in [0.25, 0.3) is 0 Å². The third-order valence-electron chi connectivity index (χ3n) is 4.95. The Morgan fingerprint density at radius 3 is 3.00 bits per heavy atom. The molecular weight excluding hydrogens is 250 g/mol. The lowest BCUT2D eigenvalue weighted by Crippen LogP contribution is -2.53. The van der Waals surface area contributed by atoms with Crippen molar-refractivity contribution in [2.75, 3.05) is 23.7 Å². The van der Waals surface area contributed by atoms with Gasteiger partial charge in [0.15, 0.2) is 0 Å². The molecule has 1 heterocycles. The van der Waals surface area contributed by atoms with Crippen molar-refractivity contribution in [2.45, 2.75) is 37.7 Å². The molecule has 0 radical (unpaired) electrons. The first kappa shape index (κ1) is 13.3. The summed E-state index contributed by atoms with van der Waals surface area (Å²) in [7, 11) is 0. The molecule has 2 unspecified atom stereocenters. The smallest absolute Gasteiger partial charge is 0.101 e. The van der Waals surface area contributed by atoms with Gasteiger partial charge in [0.2, 0.25) is 0 Å². The Balaban J connectivity index is 1.81. The van der Waals surface area contributed by atoms with Crippen molar-refractivity contribution in [3.05, 3.63) is 23.8 Å². The SMILES string of the molecule is N#Cc1cc(N2CCC3(O)CCCCC3C2)ccc1N. The summed E-state index contributed by atoms with van der Waals surface area (Å²) in [6.07, 6.45) is 5.23. The number of hydrogen-bond acceptors (Lipinski definition) is 4. The van der Waals surface area contributed by atoms with E-state index in [2.05, 4.69) is 11.0 Å².